The van der Waals surface area contributed by atoms with Gasteiger partial charge >= 0.3 is 5.97 Å². The third-order valence-electron chi connectivity index (χ3n) is 3.49. The van der Waals surface area contributed by atoms with Gasteiger partial charge in [0.1, 0.15) is 12.1 Å². The maximum absolute atomic E-state index is 11.2. The van der Waals surface area contributed by atoms with Crippen molar-refractivity contribution in [3.05, 3.63) is 30.1 Å². The highest BCUT2D eigenvalue weighted by Gasteiger charge is 2.19. The lowest BCUT2D eigenvalue weighted by molar-refractivity contribution is -0.122. The third-order valence-corrected chi connectivity index (χ3v) is 3.49. The summed E-state index contributed by atoms with van der Waals surface area (Å²) < 4.78 is 0. The minimum Gasteiger partial charge on any atom is -0.478 e. The molecule has 0 spiro atoms. The fraction of sp³-hybridized carbons (Fsp3) is 0.286. The average molecular weight is 286 g/mol. The number of benzene rings is 1. The third kappa shape index (κ3) is 2.76. The second-order valence-electron chi connectivity index (χ2n) is 4.94. The van der Waals surface area contributed by atoms with Gasteiger partial charge in [-0.05, 0) is 24.6 Å². The number of hydrogen-bond acceptors (Lipinski definition) is 5. The van der Waals surface area contributed by atoms with Crippen molar-refractivity contribution in [2.24, 2.45) is 0 Å². The van der Waals surface area contributed by atoms with Crippen molar-refractivity contribution in [3.8, 4) is 0 Å². The number of anilines is 1. The van der Waals surface area contributed by atoms with Crippen molar-refractivity contribution in [2.45, 2.75) is 18.9 Å². The number of aromatic nitrogens is 2. The molecule has 7 heteroatoms. The number of carboxylic acid groups (broad SMARTS) is 1. The number of fused-ring (bicyclic) bond motifs is 1. The summed E-state index contributed by atoms with van der Waals surface area (Å²) in [4.78, 5) is 30.5. The summed E-state index contributed by atoms with van der Waals surface area (Å²) in [6.07, 6.45) is 2.63. The average Bonchev–Trinajstić information content (AvgIpc) is 2.49. The first-order chi connectivity index (χ1) is 10.1. The van der Waals surface area contributed by atoms with Gasteiger partial charge in [-0.3, -0.25) is 4.79 Å². The summed E-state index contributed by atoms with van der Waals surface area (Å²) in [6.45, 7) is 0.553. The standard InChI is InChI=1S/C14H14N4O3/c19-12-4-2-9(6-15-12)18-13-10-3-1-8(14(20)21)5-11(10)16-7-17-13/h1,3,5,7,9H,2,4,6H2,(H,15,19)(H,20,21)(H,16,17,18). The first-order valence-corrected chi connectivity index (χ1v) is 6.65. The molecule has 0 aliphatic carbocycles. The van der Waals surface area contributed by atoms with E-state index < -0.39 is 5.97 Å². The fourth-order valence-electron chi connectivity index (χ4n) is 2.35. The van der Waals surface area contributed by atoms with Crippen LogP contribution in [0.4, 0.5) is 5.82 Å². The number of carbonyl (C=O) groups is 2. The van der Waals surface area contributed by atoms with Crippen LogP contribution in [0.25, 0.3) is 10.9 Å². The van der Waals surface area contributed by atoms with E-state index in [1.807, 2.05) is 0 Å². The largest absolute Gasteiger partial charge is 0.478 e. The molecule has 0 radical (unpaired) electrons. The van der Waals surface area contributed by atoms with Crippen LogP contribution in [0.15, 0.2) is 24.5 Å². The Kier molecular flexibility index (Phi) is 3.39. The predicted octanol–water partition coefficient (Wildman–Crippen LogP) is 1.02. The van der Waals surface area contributed by atoms with E-state index in [9.17, 15) is 9.59 Å². The van der Waals surface area contributed by atoms with Crippen molar-refractivity contribution in [2.75, 3.05) is 11.9 Å². The molecule has 1 aliphatic heterocycles. The summed E-state index contributed by atoms with van der Waals surface area (Å²) in [5.41, 5.74) is 0.768. The molecule has 1 aliphatic rings. The molecule has 1 saturated heterocycles. The molecule has 1 unspecified atom stereocenters. The lowest BCUT2D eigenvalue weighted by Gasteiger charge is -2.24. The van der Waals surface area contributed by atoms with Gasteiger partial charge in [0.2, 0.25) is 5.91 Å². The Balaban J connectivity index is 1.88. The van der Waals surface area contributed by atoms with E-state index in [2.05, 4.69) is 20.6 Å². The first kappa shape index (κ1) is 13.3. The Morgan fingerprint density at radius 2 is 2.24 bits per heavy atom. The lowest BCUT2D eigenvalue weighted by Crippen LogP contribution is -2.42. The lowest BCUT2D eigenvalue weighted by atomic mass is 10.1. The molecule has 108 valence electrons. The molecule has 21 heavy (non-hydrogen) atoms. The van der Waals surface area contributed by atoms with E-state index in [1.165, 1.54) is 18.5 Å². The summed E-state index contributed by atoms with van der Waals surface area (Å²) in [7, 11) is 0. The van der Waals surface area contributed by atoms with E-state index in [1.54, 1.807) is 6.07 Å². The van der Waals surface area contributed by atoms with Crippen LogP contribution in [-0.2, 0) is 4.79 Å². The second kappa shape index (κ2) is 5.35. The van der Waals surface area contributed by atoms with Crippen LogP contribution in [0.2, 0.25) is 0 Å². The van der Waals surface area contributed by atoms with Crippen LogP contribution in [0, 0.1) is 0 Å². The summed E-state index contributed by atoms with van der Waals surface area (Å²) >= 11 is 0. The zero-order valence-electron chi connectivity index (χ0n) is 11.2. The minimum atomic E-state index is -0.986. The van der Waals surface area contributed by atoms with Crippen molar-refractivity contribution in [1.29, 1.82) is 0 Å². The van der Waals surface area contributed by atoms with Crippen LogP contribution in [0.5, 0.6) is 0 Å². The molecule has 1 aromatic carbocycles. The quantitative estimate of drug-likeness (QED) is 0.778. The van der Waals surface area contributed by atoms with Gasteiger partial charge in [0.05, 0.1) is 11.1 Å². The number of nitrogens with zero attached hydrogens (tertiary/aromatic N) is 2. The maximum Gasteiger partial charge on any atom is 0.335 e. The molecule has 0 saturated carbocycles. The van der Waals surface area contributed by atoms with Gasteiger partial charge in [0.25, 0.3) is 0 Å². The number of rotatable bonds is 3. The summed E-state index contributed by atoms with van der Waals surface area (Å²) in [6, 6.07) is 4.86. The number of carboxylic acids is 1. The topological polar surface area (TPSA) is 104 Å². The number of carbonyl (C=O) groups excluding carboxylic acids is 1. The first-order valence-electron chi connectivity index (χ1n) is 6.65. The van der Waals surface area contributed by atoms with Crippen LogP contribution >= 0.6 is 0 Å². The predicted molar refractivity (Wildman–Crippen MR) is 76.2 cm³/mol. The van der Waals surface area contributed by atoms with Gasteiger partial charge in [-0.25, -0.2) is 14.8 Å². The van der Waals surface area contributed by atoms with Crippen molar-refractivity contribution in [3.63, 3.8) is 0 Å². The van der Waals surface area contributed by atoms with E-state index in [0.717, 1.165) is 11.8 Å². The van der Waals surface area contributed by atoms with E-state index in [-0.39, 0.29) is 17.5 Å². The highest BCUT2D eigenvalue weighted by atomic mass is 16.4. The number of aromatic carboxylic acids is 1. The monoisotopic (exact) mass is 286 g/mol. The Labute approximate surface area is 120 Å². The normalized spacial score (nSPS) is 18.3. The molecule has 1 atom stereocenters. The van der Waals surface area contributed by atoms with Crippen molar-refractivity contribution < 1.29 is 14.7 Å². The zero-order chi connectivity index (χ0) is 14.8. The highest BCUT2D eigenvalue weighted by molar-refractivity contribution is 5.96. The molecule has 1 amide bonds. The molecule has 2 aromatic rings. The van der Waals surface area contributed by atoms with Crippen molar-refractivity contribution >= 4 is 28.6 Å². The van der Waals surface area contributed by atoms with Crippen LogP contribution in [-0.4, -0.2) is 39.5 Å². The molecule has 2 heterocycles. The van der Waals surface area contributed by atoms with Crippen LogP contribution < -0.4 is 10.6 Å². The number of hydrogen-bond donors (Lipinski definition) is 3. The van der Waals surface area contributed by atoms with E-state index in [4.69, 9.17) is 5.11 Å². The summed E-state index contributed by atoms with van der Waals surface area (Å²) in [5.74, 6) is -0.273. The zero-order valence-corrected chi connectivity index (χ0v) is 11.2. The van der Waals surface area contributed by atoms with Crippen LogP contribution in [0.1, 0.15) is 23.2 Å². The number of nitrogens with one attached hydrogen (secondary N) is 2. The molecular weight excluding hydrogens is 272 g/mol. The summed E-state index contributed by atoms with van der Waals surface area (Å²) in [5, 5.41) is 15.8. The maximum atomic E-state index is 11.2. The fourth-order valence-corrected chi connectivity index (χ4v) is 2.35. The van der Waals surface area contributed by atoms with Gasteiger partial charge < -0.3 is 15.7 Å². The van der Waals surface area contributed by atoms with E-state index >= 15 is 0 Å². The molecule has 3 rings (SSSR count). The van der Waals surface area contributed by atoms with Crippen molar-refractivity contribution in [1.82, 2.24) is 15.3 Å². The van der Waals surface area contributed by atoms with Gasteiger partial charge in [0.15, 0.2) is 0 Å². The SMILES string of the molecule is O=C1CCC(Nc2ncnc3cc(C(=O)O)ccc23)CN1. The Morgan fingerprint density at radius 1 is 1.38 bits per heavy atom. The second-order valence-corrected chi connectivity index (χ2v) is 4.94. The Bertz CT molecular complexity index is 706. The molecule has 1 aromatic heterocycles. The molecule has 7 nitrogen and oxygen atoms in total. The van der Waals surface area contributed by atoms with Gasteiger partial charge in [0, 0.05) is 24.4 Å². The number of piperidine rings is 1. The Morgan fingerprint density at radius 3 is 2.95 bits per heavy atom. The van der Waals surface area contributed by atoms with Gasteiger partial charge in [-0.1, -0.05) is 0 Å². The minimum absolute atomic E-state index is 0.0618. The van der Waals surface area contributed by atoms with Crippen LogP contribution in [0.3, 0.4) is 0 Å². The molecular formula is C14H14N4O3. The van der Waals surface area contributed by atoms with Gasteiger partial charge in [-0.2, -0.15) is 0 Å². The number of amides is 1. The van der Waals surface area contributed by atoms with Gasteiger partial charge in [-0.15, -0.1) is 0 Å². The highest BCUT2D eigenvalue weighted by Crippen LogP contribution is 2.22. The molecule has 3 N–H and O–H groups in total. The van der Waals surface area contributed by atoms with E-state index in [0.29, 0.717) is 24.3 Å². The smallest absolute Gasteiger partial charge is 0.335 e. The molecule has 0 bridgehead atoms. The molecule has 1 fully saturated rings. The Hall–Kier alpha value is -2.70.